The number of anilines is 2. The van der Waals surface area contributed by atoms with Gasteiger partial charge in [0.1, 0.15) is 18.6 Å². The van der Waals surface area contributed by atoms with Crippen LogP contribution in [0.15, 0.2) is 47.5 Å². The van der Waals surface area contributed by atoms with Gasteiger partial charge >= 0.3 is 6.18 Å². The monoisotopic (exact) mass is 779 g/mol. The van der Waals surface area contributed by atoms with Crippen LogP contribution in [-0.4, -0.2) is 76.6 Å². The molecule has 0 saturated carbocycles. The summed E-state index contributed by atoms with van der Waals surface area (Å²) in [6.45, 7) is 9.72. The fourth-order valence-corrected chi connectivity index (χ4v) is 7.40. The molecule has 1 fully saturated rings. The van der Waals surface area contributed by atoms with Crippen molar-refractivity contribution >= 4 is 40.6 Å². The summed E-state index contributed by atoms with van der Waals surface area (Å²) in [6, 6.07) is 7.87. The Morgan fingerprint density at radius 1 is 1.13 bits per heavy atom. The molecule has 0 spiro atoms. The number of piperazine rings is 1. The van der Waals surface area contributed by atoms with E-state index in [1.807, 2.05) is 50.8 Å². The Balaban J connectivity index is 1.28. The van der Waals surface area contributed by atoms with Crippen LogP contribution in [0, 0.1) is 6.92 Å². The van der Waals surface area contributed by atoms with Gasteiger partial charge in [-0.05, 0) is 69.5 Å². The van der Waals surface area contributed by atoms with Crippen molar-refractivity contribution in [3.05, 3.63) is 91.9 Å². The lowest BCUT2D eigenvalue weighted by Crippen LogP contribution is -2.55. The molecule has 1 atom stereocenters. The molecule has 18 heteroatoms. The van der Waals surface area contributed by atoms with Gasteiger partial charge in [-0.15, -0.1) is 5.10 Å². The first-order valence-electron chi connectivity index (χ1n) is 17.5. The predicted octanol–water partition coefficient (Wildman–Crippen LogP) is 5.35. The number of benzene rings is 2. The zero-order valence-corrected chi connectivity index (χ0v) is 31.3. The molecule has 0 radical (unpaired) electrons. The van der Waals surface area contributed by atoms with Crippen molar-refractivity contribution in [2.24, 2.45) is 0 Å². The molecule has 0 unspecified atom stereocenters. The summed E-state index contributed by atoms with van der Waals surface area (Å²) in [6.07, 6.45) is -3.15. The molecule has 288 valence electrons. The maximum absolute atomic E-state index is 14.5. The Labute approximate surface area is 317 Å². The molecule has 2 N–H and O–H groups in total. The maximum atomic E-state index is 14.5. The number of alkyl halides is 3. The summed E-state index contributed by atoms with van der Waals surface area (Å²) in [5.74, 6) is -1.13. The van der Waals surface area contributed by atoms with E-state index in [9.17, 15) is 32.7 Å². The van der Waals surface area contributed by atoms with Gasteiger partial charge in [0, 0.05) is 31.2 Å². The van der Waals surface area contributed by atoms with E-state index < -0.39 is 47.3 Å². The van der Waals surface area contributed by atoms with Gasteiger partial charge in [0.2, 0.25) is 11.7 Å². The second-order valence-electron chi connectivity index (χ2n) is 14.0. The zero-order chi connectivity index (χ0) is 39.6. The quantitative estimate of drug-likeness (QED) is 0.221. The Kier molecular flexibility index (Phi) is 9.57. The Hall–Kier alpha value is -5.55. The molecule has 0 bridgehead atoms. The summed E-state index contributed by atoms with van der Waals surface area (Å²) in [4.78, 5) is 57.7. The SMILES string of the molecule is CCc1c(N2CCN(C(=O)c3ncnc(C)c3O)[C@H](C)C2)c(=O)n2nc(-c3ccc4c(c3)COC4(C)C)nc2n1CC(=O)Nc1ccc(C(F)(F)F)cc1Cl. The Morgan fingerprint density at radius 2 is 1.89 bits per heavy atom. The number of aromatic nitrogens is 6. The van der Waals surface area contributed by atoms with Crippen molar-refractivity contribution in [3.63, 3.8) is 0 Å². The van der Waals surface area contributed by atoms with Crippen LogP contribution < -0.4 is 15.8 Å². The summed E-state index contributed by atoms with van der Waals surface area (Å²) in [5, 5.41) is 17.4. The Morgan fingerprint density at radius 3 is 2.58 bits per heavy atom. The number of halogens is 4. The number of carbonyl (C=O) groups is 2. The average molecular weight is 780 g/mol. The summed E-state index contributed by atoms with van der Waals surface area (Å²) < 4.78 is 48.5. The van der Waals surface area contributed by atoms with Crippen molar-refractivity contribution in [1.82, 2.24) is 34.0 Å². The number of fused-ring (bicyclic) bond motifs is 2. The van der Waals surface area contributed by atoms with Crippen LogP contribution in [0.2, 0.25) is 5.02 Å². The van der Waals surface area contributed by atoms with E-state index in [-0.39, 0.29) is 71.2 Å². The molecule has 7 rings (SSSR count). The van der Waals surface area contributed by atoms with E-state index in [4.69, 9.17) is 21.3 Å². The van der Waals surface area contributed by atoms with Gasteiger partial charge in [0.15, 0.2) is 17.3 Å². The van der Waals surface area contributed by atoms with Gasteiger partial charge in [-0.25, -0.2) is 9.97 Å². The fraction of sp³-hybridized carbons (Fsp3) is 0.378. The highest BCUT2D eigenvalue weighted by Gasteiger charge is 2.35. The first-order valence-corrected chi connectivity index (χ1v) is 17.9. The van der Waals surface area contributed by atoms with Crippen LogP contribution in [0.1, 0.15) is 66.3 Å². The number of rotatable bonds is 7. The van der Waals surface area contributed by atoms with Crippen LogP contribution in [0.5, 0.6) is 5.75 Å². The number of amides is 2. The number of hydrogen-bond acceptors (Lipinski definition) is 10. The minimum atomic E-state index is -4.62. The molecule has 2 amide bonds. The lowest BCUT2D eigenvalue weighted by atomic mass is 9.94. The summed E-state index contributed by atoms with van der Waals surface area (Å²) >= 11 is 6.16. The third-order valence-electron chi connectivity index (χ3n) is 10.0. The van der Waals surface area contributed by atoms with E-state index in [0.29, 0.717) is 17.9 Å². The van der Waals surface area contributed by atoms with Gasteiger partial charge in [-0.2, -0.15) is 22.7 Å². The first-order chi connectivity index (χ1) is 26.0. The molecule has 2 aliphatic rings. The molecule has 2 aliphatic heterocycles. The highest BCUT2D eigenvalue weighted by atomic mass is 35.5. The molecule has 2 aromatic carbocycles. The average Bonchev–Trinajstić information content (AvgIpc) is 3.71. The number of hydrogen-bond donors (Lipinski definition) is 2. The smallest absolute Gasteiger partial charge is 0.416 e. The second-order valence-corrected chi connectivity index (χ2v) is 14.5. The van der Waals surface area contributed by atoms with Crippen molar-refractivity contribution in [1.29, 1.82) is 0 Å². The standard InChI is InChI=1S/C37H37ClF3N9O5/c1-6-27-30(47-11-12-48(19(2)15-47)33(53)29-31(52)20(3)42-18-43-29)34(54)50-35(45-32(46-50)21-7-9-24-22(13-21)17-55-36(24,4)5)49(27)16-28(51)44-26-10-8-23(14-25(26)38)37(39,40)41/h7-10,13-14,18-19,52H,6,11-12,15-17H2,1-5H3,(H,44,51)/t19-/m1/s1. The molecular weight excluding hydrogens is 743 g/mol. The first kappa shape index (κ1) is 37.8. The highest BCUT2D eigenvalue weighted by molar-refractivity contribution is 6.33. The summed E-state index contributed by atoms with van der Waals surface area (Å²) in [5.41, 5.74) is 1.47. The van der Waals surface area contributed by atoms with Crippen LogP contribution in [0.4, 0.5) is 24.5 Å². The lowest BCUT2D eigenvalue weighted by molar-refractivity contribution is -0.137. The van der Waals surface area contributed by atoms with Gasteiger partial charge in [0.25, 0.3) is 11.5 Å². The van der Waals surface area contributed by atoms with E-state index in [0.717, 1.165) is 33.8 Å². The lowest BCUT2D eigenvalue weighted by Gasteiger charge is -2.41. The normalized spacial score (nSPS) is 16.8. The van der Waals surface area contributed by atoms with E-state index in [2.05, 4.69) is 20.4 Å². The molecule has 1 saturated heterocycles. The third kappa shape index (κ3) is 6.86. The fourth-order valence-electron chi connectivity index (χ4n) is 7.18. The minimum Gasteiger partial charge on any atom is -0.504 e. The summed E-state index contributed by atoms with van der Waals surface area (Å²) in [7, 11) is 0. The molecule has 5 heterocycles. The van der Waals surface area contributed by atoms with Gasteiger partial charge in [-0.1, -0.05) is 30.7 Å². The number of aromatic hydroxyl groups is 1. The topological polar surface area (TPSA) is 160 Å². The molecule has 55 heavy (non-hydrogen) atoms. The highest BCUT2D eigenvalue weighted by Crippen LogP contribution is 2.38. The number of nitrogens with one attached hydrogen (secondary N) is 1. The van der Waals surface area contributed by atoms with Gasteiger partial charge < -0.3 is 29.5 Å². The van der Waals surface area contributed by atoms with Gasteiger partial charge in [-0.3, -0.25) is 14.4 Å². The van der Waals surface area contributed by atoms with Crippen molar-refractivity contribution in [3.8, 4) is 17.1 Å². The van der Waals surface area contributed by atoms with Crippen LogP contribution in [0.25, 0.3) is 17.2 Å². The van der Waals surface area contributed by atoms with Crippen LogP contribution in [-0.2, 0) is 40.9 Å². The van der Waals surface area contributed by atoms with E-state index >= 15 is 0 Å². The molecular formula is C37H37ClF3N9O5. The van der Waals surface area contributed by atoms with Crippen LogP contribution in [0.3, 0.4) is 0 Å². The third-order valence-corrected chi connectivity index (χ3v) is 10.4. The predicted molar refractivity (Wildman–Crippen MR) is 196 cm³/mol. The number of ether oxygens (including phenoxy) is 1. The molecule has 5 aromatic rings. The van der Waals surface area contributed by atoms with Gasteiger partial charge in [0.05, 0.1) is 39.9 Å². The van der Waals surface area contributed by atoms with E-state index in [1.54, 1.807) is 16.4 Å². The molecule has 0 aliphatic carbocycles. The van der Waals surface area contributed by atoms with Crippen molar-refractivity contribution < 1.29 is 32.6 Å². The molecule has 3 aromatic heterocycles. The number of aryl methyl sites for hydroxylation is 1. The number of carbonyl (C=O) groups excluding carboxylic acids is 2. The van der Waals surface area contributed by atoms with Crippen molar-refractivity contribution in [2.45, 2.75) is 72.0 Å². The largest absolute Gasteiger partial charge is 0.504 e. The maximum Gasteiger partial charge on any atom is 0.416 e. The number of nitrogens with zero attached hydrogens (tertiary/aromatic N) is 8. The van der Waals surface area contributed by atoms with Crippen molar-refractivity contribution in [2.75, 3.05) is 29.9 Å². The van der Waals surface area contributed by atoms with E-state index in [1.165, 1.54) is 6.33 Å². The molecule has 14 nitrogen and oxygen atoms in total. The second kappa shape index (κ2) is 13.9. The minimum absolute atomic E-state index is 0.0278. The zero-order valence-electron chi connectivity index (χ0n) is 30.5. The van der Waals surface area contributed by atoms with Crippen LogP contribution >= 0.6 is 11.6 Å². The Bertz CT molecular complexity index is 2430.